The number of hydrogen-bond acceptors (Lipinski definition) is 3. The molecule has 0 unspecified atom stereocenters. The van der Waals surface area contributed by atoms with Gasteiger partial charge in [0, 0.05) is 16.1 Å². The Kier molecular flexibility index (Phi) is 3.62. The van der Waals surface area contributed by atoms with Gasteiger partial charge in [-0.2, -0.15) is 0 Å². The van der Waals surface area contributed by atoms with Crippen molar-refractivity contribution in [1.29, 1.82) is 0 Å². The summed E-state index contributed by atoms with van der Waals surface area (Å²) in [6, 6.07) is 7.65. The van der Waals surface area contributed by atoms with Crippen molar-refractivity contribution in [3.05, 3.63) is 50.7 Å². The van der Waals surface area contributed by atoms with Crippen LogP contribution >= 0.6 is 11.3 Å². The number of fused-ring (bicyclic) bond motifs is 1. The van der Waals surface area contributed by atoms with Gasteiger partial charge in [-0.1, -0.05) is 6.42 Å². The molecule has 20 heavy (non-hydrogen) atoms. The summed E-state index contributed by atoms with van der Waals surface area (Å²) >= 11 is 1.68. The molecule has 0 fully saturated rings. The third-order valence-electron chi connectivity index (χ3n) is 4.00. The highest BCUT2D eigenvalue weighted by molar-refractivity contribution is 7.14. The smallest absolute Gasteiger partial charge is 0.202 e. The summed E-state index contributed by atoms with van der Waals surface area (Å²) in [4.78, 5) is 14.9. The molecule has 104 valence electrons. The predicted molar refractivity (Wildman–Crippen MR) is 84.6 cm³/mol. The third-order valence-corrected chi connectivity index (χ3v) is 5.24. The van der Waals surface area contributed by atoms with E-state index in [9.17, 15) is 4.79 Å². The minimum absolute atomic E-state index is 0.131. The van der Waals surface area contributed by atoms with Crippen molar-refractivity contribution in [3.8, 4) is 0 Å². The van der Waals surface area contributed by atoms with Gasteiger partial charge in [-0.05, 0) is 68.0 Å². The first kappa shape index (κ1) is 13.4. The van der Waals surface area contributed by atoms with Gasteiger partial charge in [0.2, 0.25) is 5.78 Å². The molecule has 2 aromatic rings. The van der Waals surface area contributed by atoms with Crippen LogP contribution in [0, 0.1) is 6.92 Å². The van der Waals surface area contributed by atoms with Crippen LogP contribution in [0.1, 0.15) is 50.5 Å². The van der Waals surface area contributed by atoms with E-state index >= 15 is 0 Å². The van der Waals surface area contributed by atoms with Gasteiger partial charge >= 0.3 is 0 Å². The molecule has 1 aromatic heterocycles. The highest BCUT2D eigenvalue weighted by Gasteiger charge is 2.17. The van der Waals surface area contributed by atoms with Crippen LogP contribution < -0.4 is 5.73 Å². The maximum atomic E-state index is 12.6. The molecule has 3 heteroatoms. The van der Waals surface area contributed by atoms with Crippen LogP contribution in [0.3, 0.4) is 0 Å². The maximum absolute atomic E-state index is 12.6. The Hall–Kier alpha value is -1.61. The number of nitrogens with two attached hydrogens (primary N) is 1. The molecule has 0 aliphatic heterocycles. The largest absolute Gasteiger partial charge is 0.399 e. The average molecular weight is 285 g/mol. The van der Waals surface area contributed by atoms with E-state index in [2.05, 4.69) is 6.07 Å². The normalized spacial score (nSPS) is 14.7. The fraction of sp³-hybridized carbons (Fsp3) is 0.353. The van der Waals surface area contributed by atoms with Crippen molar-refractivity contribution in [3.63, 3.8) is 0 Å². The number of benzene rings is 1. The van der Waals surface area contributed by atoms with Crippen molar-refractivity contribution < 1.29 is 4.79 Å². The van der Waals surface area contributed by atoms with Crippen molar-refractivity contribution in [1.82, 2.24) is 0 Å². The fourth-order valence-corrected chi connectivity index (χ4v) is 3.95. The highest BCUT2D eigenvalue weighted by Crippen LogP contribution is 2.30. The zero-order valence-electron chi connectivity index (χ0n) is 11.7. The second-order valence-corrected chi connectivity index (χ2v) is 6.66. The number of carbonyl (C=O) groups excluding carboxylic acids is 1. The van der Waals surface area contributed by atoms with E-state index in [1.54, 1.807) is 11.3 Å². The number of carbonyl (C=O) groups is 1. The number of ketones is 1. The SMILES string of the molecule is Cc1cc(C(=O)c2cc3c(s2)CCCCC3)ccc1N. The van der Waals surface area contributed by atoms with Gasteiger partial charge in [-0.25, -0.2) is 0 Å². The monoisotopic (exact) mass is 285 g/mol. The topological polar surface area (TPSA) is 43.1 Å². The maximum Gasteiger partial charge on any atom is 0.202 e. The molecule has 2 nitrogen and oxygen atoms in total. The second kappa shape index (κ2) is 5.41. The lowest BCUT2D eigenvalue weighted by Crippen LogP contribution is -2.00. The Morgan fingerprint density at radius 3 is 2.75 bits per heavy atom. The Bertz CT molecular complexity index is 634. The molecule has 2 N–H and O–H groups in total. The van der Waals surface area contributed by atoms with Gasteiger partial charge in [0.15, 0.2) is 0 Å². The van der Waals surface area contributed by atoms with Crippen molar-refractivity contribution in [2.45, 2.75) is 39.0 Å². The number of nitrogen functional groups attached to an aromatic ring is 1. The lowest BCUT2D eigenvalue weighted by Gasteiger charge is -2.03. The number of aryl methyl sites for hydroxylation is 3. The lowest BCUT2D eigenvalue weighted by atomic mass is 10.0. The number of hydrogen-bond donors (Lipinski definition) is 1. The first-order valence-corrected chi connectivity index (χ1v) is 7.99. The number of anilines is 1. The van der Waals surface area contributed by atoms with Crippen molar-refractivity contribution in [2.75, 3.05) is 5.73 Å². The van der Waals surface area contributed by atoms with Crippen LogP contribution in [0.5, 0.6) is 0 Å². The molecule has 1 heterocycles. The van der Waals surface area contributed by atoms with Crippen LogP contribution in [-0.4, -0.2) is 5.78 Å². The summed E-state index contributed by atoms with van der Waals surface area (Å²) in [6.45, 7) is 1.94. The van der Waals surface area contributed by atoms with Gasteiger partial charge in [0.25, 0.3) is 0 Å². The van der Waals surface area contributed by atoms with Crippen LogP contribution in [0.2, 0.25) is 0 Å². The van der Waals surface area contributed by atoms with E-state index in [0.29, 0.717) is 0 Å². The summed E-state index contributed by atoms with van der Waals surface area (Å²) in [6.07, 6.45) is 6.07. The minimum Gasteiger partial charge on any atom is -0.399 e. The summed E-state index contributed by atoms with van der Waals surface area (Å²) < 4.78 is 0. The van der Waals surface area contributed by atoms with Gasteiger partial charge in [0.1, 0.15) is 0 Å². The Morgan fingerprint density at radius 1 is 1.15 bits per heavy atom. The molecule has 0 saturated heterocycles. The average Bonchev–Trinajstić information content (AvgIpc) is 2.72. The first-order chi connectivity index (χ1) is 9.65. The molecule has 3 rings (SSSR count). The summed E-state index contributed by atoms with van der Waals surface area (Å²) in [5, 5.41) is 0. The van der Waals surface area contributed by atoms with Gasteiger partial charge < -0.3 is 5.73 Å². The van der Waals surface area contributed by atoms with Crippen molar-refractivity contribution in [2.24, 2.45) is 0 Å². The molecule has 0 atom stereocenters. The minimum atomic E-state index is 0.131. The fourth-order valence-electron chi connectivity index (χ4n) is 2.74. The molecule has 0 spiro atoms. The van der Waals surface area contributed by atoms with Crippen LogP contribution in [0.15, 0.2) is 24.3 Å². The molecule has 0 bridgehead atoms. The first-order valence-electron chi connectivity index (χ1n) is 7.17. The Labute approximate surface area is 123 Å². The molecular weight excluding hydrogens is 266 g/mol. The van der Waals surface area contributed by atoms with Gasteiger partial charge in [-0.3, -0.25) is 4.79 Å². The van der Waals surface area contributed by atoms with Crippen LogP contribution in [0.4, 0.5) is 5.69 Å². The highest BCUT2D eigenvalue weighted by atomic mass is 32.1. The molecule has 1 aliphatic rings. The molecule has 1 aromatic carbocycles. The zero-order valence-corrected chi connectivity index (χ0v) is 12.6. The molecule has 1 aliphatic carbocycles. The van der Waals surface area contributed by atoms with Gasteiger partial charge in [0.05, 0.1) is 4.88 Å². The van der Waals surface area contributed by atoms with Crippen LogP contribution in [-0.2, 0) is 12.8 Å². The van der Waals surface area contributed by atoms with E-state index in [4.69, 9.17) is 5.73 Å². The molecule has 0 saturated carbocycles. The summed E-state index contributed by atoms with van der Waals surface area (Å²) in [7, 11) is 0. The van der Waals surface area contributed by atoms with Crippen molar-refractivity contribution >= 4 is 22.8 Å². The molecular formula is C17H19NOS. The van der Waals surface area contributed by atoms with E-state index < -0.39 is 0 Å². The predicted octanol–water partition coefficient (Wildman–Crippen LogP) is 4.14. The number of thiophene rings is 1. The zero-order chi connectivity index (χ0) is 14.1. The standard InChI is InChI=1S/C17H19NOS/c1-11-9-13(7-8-14(11)18)17(19)16-10-12-5-3-2-4-6-15(12)20-16/h7-10H,2-6,18H2,1H3. The Balaban J connectivity index is 1.92. The quantitative estimate of drug-likeness (QED) is 0.512. The van der Waals surface area contributed by atoms with Crippen LogP contribution in [0.25, 0.3) is 0 Å². The molecule has 0 radical (unpaired) electrons. The van der Waals surface area contributed by atoms with E-state index in [-0.39, 0.29) is 5.78 Å². The van der Waals surface area contributed by atoms with Gasteiger partial charge in [-0.15, -0.1) is 11.3 Å². The molecule has 0 amide bonds. The van der Waals surface area contributed by atoms with E-state index in [0.717, 1.165) is 34.5 Å². The summed E-state index contributed by atoms with van der Waals surface area (Å²) in [5.41, 5.74) is 9.66. The summed E-state index contributed by atoms with van der Waals surface area (Å²) in [5.74, 6) is 0.131. The second-order valence-electron chi connectivity index (χ2n) is 5.52. The Morgan fingerprint density at radius 2 is 1.95 bits per heavy atom. The lowest BCUT2D eigenvalue weighted by molar-refractivity contribution is 0.104. The van der Waals surface area contributed by atoms with E-state index in [1.165, 1.54) is 29.7 Å². The third kappa shape index (κ3) is 2.50. The van der Waals surface area contributed by atoms with E-state index in [1.807, 2.05) is 25.1 Å². The number of rotatable bonds is 2.